The number of aromatic nitrogens is 3. The summed E-state index contributed by atoms with van der Waals surface area (Å²) in [6.07, 6.45) is 6.37. The topological polar surface area (TPSA) is 56.7 Å². The summed E-state index contributed by atoms with van der Waals surface area (Å²) in [4.78, 5) is 0. The van der Waals surface area contributed by atoms with Gasteiger partial charge in [-0.05, 0) is 60.6 Å². The van der Waals surface area contributed by atoms with E-state index in [1.165, 1.54) is 35.7 Å². The van der Waals surface area contributed by atoms with Crippen molar-refractivity contribution >= 4 is 28.3 Å². The third-order valence-electron chi connectivity index (χ3n) is 4.06. The van der Waals surface area contributed by atoms with E-state index in [2.05, 4.69) is 43.4 Å². The van der Waals surface area contributed by atoms with Gasteiger partial charge in [0, 0.05) is 20.9 Å². The summed E-state index contributed by atoms with van der Waals surface area (Å²) in [6, 6.07) is 6.59. The van der Waals surface area contributed by atoms with E-state index in [-0.39, 0.29) is 0 Å². The lowest BCUT2D eigenvalue weighted by Crippen LogP contribution is -2.15. The van der Waals surface area contributed by atoms with Crippen LogP contribution in [0.2, 0.25) is 0 Å². The van der Waals surface area contributed by atoms with Crippen LogP contribution in [-0.4, -0.2) is 14.8 Å². The lowest BCUT2D eigenvalue weighted by atomic mass is 9.95. The van der Waals surface area contributed by atoms with Crippen molar-refractivity contribution in [2.75, 3.05) is 5.73 Å². The molecule has 1 aromatic carbocycles. The Balaban J connectivity index is 2.08. The fourth-order valence-electron chi connectivity index (χ4n) is 3.05. The summed E-state index contributed by atoms with van der Waals surface area (Å²) in [5, 5.41) is 8.69. The van der Waals surface area contributed by atoms with Crippen LogP contribution in [0.5, 0.6) is 0 Å². The maximum atomic E-state index is 6.14. The van der Waals surface area contributed by atoms with Gasteiger partial charge in [0.15, 0.2) is 5.82 Å². The molecule has 0 unspecified atom stereocenters. The number of rotatable bonds is 2. The monoisotopic (exact) mass is 382 g/mol. The number of anilines is 1. The first-order chi connectivity index (χ1) is 9.66. The Morgan fingerprint density at radius 2 is 1.95 bits per heavy atom. The Hall–Kier alpha value is -1.11. The predicted molar refractivity (Wildman–Crippen MR) is 89.4 cm³/mol. The first kappa shape index (κ1) is 13.9. The van der Waals surface area contributed by atoms with E-state index in [4.69, 9.17) is 5.73 Å². The first-order valence-corrected chi connectivity index (χ1v) is 8.21. The molecule has 2 aromatic rings. The van der Waals surface area contributed by atoms with Gasteiger partial charge >= 0.3 is 0 Å². The molecule has 5 heteroatoms. The quantitative estimate of drug-likeness (QED) is 0.632. The molecule has 1 fully saturated rings. The average molecular weight is 382 g/mol. The molecule has 1 heterocycles. The SMILES string of the molecule is Cc1nnc(-c2cc(I)ccc2N)n1C1CCCCC1. The number of nitrogen functional groups attached to an aromatic ring is 1. The van der Waals surface area contributed by atoms with Crippen LogP contribution >= 0.6 is 22.6 Å². The summed E-state index contributed by atoms with van der Waals surface area (Å²) >= 11 is 2.31. The third kappa shape index (κ3) is 2.55. The number of halogens is 1. The Morgan fingerprint density at radius 1 is 1.20 bits per heavy atom. The Kier molecular flexibility index (Phi) is 3.96. The zero-order chi connectivity index (χ0) is 14.1. The Morgan fingerprint density at radius 3 is 2.70 bits per heavy atom. The summed E-state index contributed by atoms with van der Waals surface area (Å²) in [6.45, 7) is 2.04. The molecule has 0 atom stereocenters. The van der Waals surface area contributed by atoms with Crippen LogP contribution in [0, 0.1) is 10.5 Å². The van der Waals surface area contributed by atoms with Crippen molar-refractivity contribution in [3.63, 3.8) is 0 Å². The molecule has 1 saturated carbocycles. The van der Waals surface area contributed by atoms with Gasteiger partial charge in [-0.2, -0.15) is 0 Å². The lowest BCUT2D eigenvalue weighted by Gasteiger charge is -2.25. The van der Waals surface area contributed by atoms with Crippen molar-refractivity contribution in [3.05, 3.63) is 27.6 Å². The van der Waals surface area contributed by atoms with Gasteiger partial charge in [-0.3, -0.25) is 0 Å². The Bertz CT molecular complexity index is 614. The molecule has 4 nitrogen and oxygen atoms in total. The fraction of sp³-hybridized carbons (Fsp3) is 0.467. The van der Waals surface area contributed by atoms with Crippen molar-refractivity contribution in [1.82, 2.24) is 14.8 Å². The summed E-state index contributed by atoms with van der Waals surface area (Å²) in [7, 11) is 0. The van der Waals surface area contributed by atoms with E-state index in [1.807, 2.05) is 19.1 Å². The van der Waals surface area contributed by atoms with E-state index in [0.29, 0.717) is 6.04 Å². The molecule has 0 radical (unpaired) electrons. The highest BCUT2D eigenvalue weighted by Crippen LogP contribution is 2.34. The molecule has 0 aliphatic heterocycles. The number of nitrogens with two attached hydrogens (primary N) is 1. The summed E-state index contributed by atoms with van der Waals surface area (Å²) in [5.74, 6) is 1.91. The smallest absolute Gasteiger partial charge is 0.166 e. The molecular weight excluding hydrogens is 363 g/mol. The van der Waals surface area contributed by atoms with Gasteiger partial charge in [-0.25, -0.2) is 0 Å². The van der Waals surface area contributed by atoms with Crippen molar-refractivity contribution in [3.8, 4) is 11.4 Å². The molecule has 2 N–H and O–H groups in total. The van der Waals surface area contributed by atoms with Gasteiger partial charge in [-0.15, -0.1) is 10.2 Å². The second-order valence-electron chi connectivity index (χ2n) is 5.46. The number of benzene rings is 1. The maximum Gasteiger partial charge on any atom is 0.166 e. The van der Waals surface area contributed by atoms with Crippen molar-refractivity contribution in [2.45, 2.75) is 45.1 Å². The normalized spacial score (nSPS) is 16.5. The van der Waals surface area contributed by atoms with Gasteiger partial charge in [0.1, 0.15) is 5.82 Å². The number of hydrogen-bond donors (Lipinski definition) is 1. The van der Waals surface area contributed by atoms with Gasteiger partial charge in [0.2, 0.25) is 0 Å². The molecule has 0 spiro atoms. The molecule has 20 heavy (non-hydrogen) atoms. The van der Waals surface area contributed by atoms with Crippen LogP contribution in [-0.2, 0) is 0 Å². The minimum absolute atomic E-state index is 0.519. The number of aryl methyl sites for hydroxylation is 1. The molecule has 0 amide bonds. The predicted octanol–water partition coefficient (Wildman–Crippen LogP) is 3.95. The van der Waals surface area contributed by atoms with Crippen LogP contribution in [0.4, 0.5) is 5.69 Å². The van der Waals surface area contributed by atoms with E-state index >= 15 is 0 Å². The molecular formula is C15H19IN4. The second-order valence-corrected chi connectivity index (χ2v) is 6.71. The zero-order valence-electron chi connectivity index (χ0n) is 11.6. The van der Waals surface area contributed by atoms with Gasteiger partial charge in [0.25, 0.3) is 0 Å². The Labute approximate surface area is 132 Å². The van der Waals surface area contributed by atoms with Crippen LogP contribution in [0.1, 0.15) is 44.0 Å². The standard InChI is InChI=1S/C15H19IN4/c1-10-18-19-15(13-9-11(16)7-8-14(13)17)20(10)12-5-3-2-4-6-12/h7-9,12H,2-6,17H2,1H3. The van der Waals surface area contributed by atoms with E-state index in [0.717, 1.165) is 22.9 Å². The van der Waals surface area contributed by atoms with Gasteiger partial charge in [0.05, 0.1) is 0 Å². The minimum Gasteiger partial charge on any atom is -0.398 e. The van der Waals surface area contributed by atoms with Crippen molar-refractivity contribution in [2.24, 2.45) is 0 Å². The first-order valence-electron chi connectivity index (χ1n) is 7.13. The molecule has 0 bridgehead atoms. The number of hydrogen-bond acceptors (Lipinski definition) is 3. The van der Waals surface area contributed by atoms with Crippen LogP contribution in [0.25, 0.3) is 11.4 Å². The lowest BCUT2D eigenvalue weighted by molar-refractivity contribution is 0.350. The molecule has 106 valence electrons. The van der Waals surface area contributed by atoms with Crippen molar-refractivity contribution in [1.29, 1.82) is 0 Å². The molecule has 3 rings (SSSR count). The molecule has 1 aliphatic rings. The average Bonchev–Trinajstić information content (AvgIpc) is 2.84. The van der Waals surface area contributed by atoms with Gasteiger partial charge < -0.3 is 10.3 Å². The summed E-state index contributed by atoms with van der Waals surface area (Å²) in [5.41, 5.74) is 7.92. The molecule has 1 aromatic heterocycles. The van der Waals surface area contributed by atoms with Crippen LogP contribution in [0.15, 0.2) is 18.2 Å². The van der Waals surface area contributed by atoms with E-state index in [9.17, 15) is 0 Å². The number of nitrogens with zero attached hydrogens (tertiary/aromatic N) is 3. The second kappa shape index (κ2) is 5.71. The zero-order valence-corrected chi connectivity index (χ0v) is 13.8. The van der Waals surface area contributed by atoms with Crippen LogP contribution in [0.3, 0.4) is 0 Å². The van der Waals surface area contributed by atoms with Gasteiger partial charge in [-0.1, -0.05) is 19.3 Å². The van der Waals surface area contributed by atoms with Crippen molar-refractivity contribution < 1.29 is 0 Å². The summed E-state index contributed by atoms with van der Waals surface area (Å²) < 4.78 is 3.46. The molecule has 1 aliphatic carbocycles. The van der Waals surface area contributed by atoms with E-state index in [1.54, 1.807) is 0 Å². The largest absolute Gasteiger partial charge is 0.398 e. The fourth-order valence-corrected chi connectivity index (χ4v) is 3.54. The highest BCUT2D eigenvalue weighted by Gasteiger charge is 2.22. The maximum absolute atomic E-state index is 6.14. The highest BCUT2D eigenvalue weighted by atomic mass is 127. The van der Waals surface area contributed by atoms with E-state index < -0.39 is 0 Å². The molecule has 0 saturated heterocycles. The highest BCUT2D eigenvalue weighted by molar-refractivity contribution is 14.1. The third-order valence-corrected chi connectivity index (χ3v) is 4.73. The van der Waals surface area contributed by atoms with Crippen LogP contribution < -0.4 is 5.73 Å². The minimum atomic E-state index is 0.519.